The van der Waals surface area contributed by atoms with Crippen molar-refractivity contribution in [3.63, 3.8) is 0 Å². The van der Waals surface area contributed by atoms with Crippen LogP contribution in [0.5, 0.6) is 0 Å². The Morgan fingerprint density at radius 2 is 2.19 bits per heavy atom. The monoisotopic (exact) mass is 237 g/mol. The van der Waals surface area contributed by atoms with E-state index < -0.39 is 0 Å². The molecule has 2 rings (SSSR count). The van der Waals surface area contributed by atoms with Crippen molar-refractivity contribution < 1.29 is 4.79 Å². The summed E-state index contributed by atoms with van der Waals surface area (Å²) in [6.07, 6.45) is 2.20. The molecule has 0 saturated carbocycles. The molecule has 3 heteroatoms. The van der Waals surface area contributed by atoms with Crippen molar-refractivity contribution in [2.24, 2.45) is 11.3 Å². The Balaban J connectivity index is 2.06. The highest BCUT2D eigenvalue weighted by molar-refractivity contribution is 7.17. The van der Waals surface area contributed by atoms with Gasteiger partial charge in [0.25, 0.3) is 0 Å². The summed E-state index contributed by atoms with van der Waals surface area (Å²) in [5.74, 6) is 0.759. The van der Waals surface area contributed by atoms with Crippen LogP contribution in [0.3, 0.4) is 0 Å². The van der Waals surface area contributed by atoms with E-state index in [0.29, 0.717) is 5.41 Å². The van der Waals surface area contributed by atoms with Crippen LogP contribution >= 0.6 is 11.3 Å². The Bertz CT molecular complexity index is 378. The lowest BCUT2D eigenvalue weighted by molar-refractivity contribution is 0.112. The Labute approximate surface area is 101 Å². The normalized spacial score (nSPS) is 21.4. The summed E-state index contributed by atoms with van der Waals surface area (Å²) in [5, 5.41) is 1.24. The van der Waals surface area contributed by atoms with E-state index in [1.807, 2.05) is 6.07 Å². The van der Waals surface area contributed by atoms with Crippen LogP contribution in [0.4, 0.5) is 5.00 Å². The van der Waals surface area contributed by atoms with Crippen LogP contribution in [0.2, 0.25) is 0 Å². The molecule has 0 N–H and O–H groups in total. The van der Waals surface area contributed by atoms with Gasteiger partial charge in [0.1, 0.15) is 0 Å². The van der Waals surface area contributed by atoms with E-state index in [1.165, 1.54) is 11.4 Å². The maximum Gasteiger partial charge on any atom is 0.160 e. The van der Waals surface area contributed by atoms with Crippen LogP contribution in [-0.4, -0.2) is 19.4 Å². The predicted octanol–water partition coefficient (Wildman–Crippen LogP) is 3.43. The number of aldehydes is 1. The van der Waals surface area contributed by atoms with Gasteiger partial charge in [0.2, 0.25) is 0 Å². The Hall–Kier alpha value is -0.830. The van der Waals surface area contributed by atoms with Crippen molar-refractivity contribution in [1.29, 1.82) is 0 Å². The fraction of sp³-hybridized carbons (Fsp3) is 0.615. The lowest BCUT2D eigenvalue weighted by Gasteiger charge is -2.27. The van der Waals surface area contributed by atoms with Crippen LogP contribution in [0.1, 0.15) is 36.9 Å². The summed E-state index contributed by atoms with van der Waals surface area (Å²) >= 11 is 1.60. The second kappa shape index (κ2) is 4.21. The summed E-state index contributed by atoms with van der Waals surface area (Å²) < 4.78 is 0. The van der Waals surface area contributed by atoms with Gasteiger partial charge >= 0.3 is 0 Å². The smallest absolute Gasteiger partial charge is 0.160 e. The highest BCUT2D eigenvalue weighted by atomic mass is 32.1. The third kappa shape index (κ3) is 2.29. The molecule has 1 unspecified atom stereocenters. The fourth-order valence-electron chi connectivity index (χ4n) is 2.24. The standard InChI is InChI=1S/C13H19NOS/c1-13(2,3)10-6-7-14(8-10)12-5-4-11(9-15)16-12/h4-5,9-10H,6-8H2,1-3H3. The fourth-order valence-corrected chi connectivity index (χ4v) is 3.10. The predicted molar refractivity (Wildman–Crippen MR) is 69.5 cm³/mol. The minimum atomic E-state index is 0.388. The molecule has 2 heterocycles. The largest absolute Gasteiger partial charge is 0.363 e. The van der Waals surface area contributed by atoms with Gasteiger partial charge in [-0.15, -0.1) is 11.3 Å². The maximum atomic E-state index is 10.7. The molecule has 1 aliphatic rings. The van der Waals surface area contributed by atoms with Crippen LogP contribution in [0.15, 0.2) is 12.1 Å². The molecule has 1 aromatic heterocycles. The van der Waals surface area contributed by atoms with Gasteiger partial charge in [0.15, 0.2) is 6.29 Å². The molecule has 1 atom stereocenters. The van der Waals surface area contributed by atoms with E-state index in [-0.39, 0.29) is 0 Å². The molecular weight excluding hydrogens is 218 g/mol. The third-order valence-electron chi connectivity index (χ3n) is 3.45. The zero-order valence-corrected chi connectivity index (χ0v) is 11.0. The number of hydrogen-bond donors (Lipinski definition) is 0. The minimum Gasteiger partial charge on any atom is -0.363 e. The number of nitrogens with zero attached hydrogens (tertiary/aromatic N) is 1. The van der Waals surface area contributed by atoms with Crippen LogP contribution in [0, 0.1) is 11.3 Å². The molecule has 88 valence electrons. The number of hydrogen-bond acceptors (Lipinski definition) is 3. The number of carbonyl (C=O) groups is 1. The number of carbonyl (C=O) groups excluding carboxylic acids is 1. The van der Waals surface area contributed by atoms with E-state index in [2.05, 4.69) is 31.7 Å². The van der Waals surface area contributed by atoms with Gasteiger partial charge in [-0.3, -0.25) is 4.79 Å². The number of rotatable bonds is 2. The molecule has 0 aliphatic carbocycles. The third-order valence-corrected chi connectivity index (χ3v) is 4.52. The first kappa shape index (κ1) is 11.6. The molecule has 1 fully saturated rings. The van der Waals surface area contributed by atoms with Crippen LogP contribution < -0.4 is 4.90 Å². The number of thiophene rings is 1. The zero-order valence-electron chi connectivity index (χ0n) is 10.2. The summed E-state index contributed by atoms with van der Waals surface area (Å²) in [7, 11) is 0. The maximum absolute atomic E-state index is 10.7. The summed E-state index contributed by atoms with van der Waals surface area (Å²) in [4.78, 5) is 13.9. The van der Waals surface area contributed by atoms with Crippen molar-refractivity contribution in [2.75, 3.05) is 18.0 Å². The molecular formula is C13H19NOS. The molecule has 0 amide bonds. The summed E-state index contributed by atoms with van der Waals surface area (Å²) in [6, 6.07) is 3.98. The molecule has 0 aromatic carbocycles. The van der Waals surface area contributed by atoms with Crippen molar-refractivity contribution in [1.82, 2.24) is 0 Å². The van der Waals surface area contributed by atoms with Gasteiger partial charge in [0, 0.05) is 13.1 Å². The highest BCUT2D eigenvalue weighted by Gasteiger charge is 2.32. The molecule has 1 aliphatic heterocycles. The average molecular weight is 237 g/mol. The van der Waals surface area contributed by atoms with Gasteiger partial charge in [0.05, 0.1) is 9.88 Å². The van der Waals surface area contributed by atoms with Gasteiger partial charge < -0.3 is 4.90 Å². The van der Waals surface area contributed by atoms with Gasteiger partial charge in [-0.2, -0.15) is 0 Å². The van der Waals surface area contributed by atoms with Gasteiger partial charge in [-0.25, -0.2) is 0 Å². The van der Waals surface area contributed by atoms with Crippen LogP contribution in [0.25, 0.3) is 0 Å². The number of anilines is 1. The SMILES string of the molecule is CC(C)(C)C1CCN(c2ccc(C=O)s2)C1. The first-order valence-electron chi connectivity index (χ1n) is 5.80. The second-order valence-corrected chi connectivity index (χ2v) is 6.69. The summed E-state index contributed by atoms with van der Waals surface area (Å²) in [6.45, 7) is 9.19. The topological polar surface area (TPSA) is 20.3 Å². The van der Waals surface area contributed by atoms with Crippen molar-refractivity contribution >= 4 is 22.6 Å². The summed E-state index contributed by atoms with van der Waals surface area (Å²) in [5.41, 5.74) is 0.388. The first-order valence-corrected chi connectivity index (χ1v) is 6.62. The molecule has 16 heavy (non-hydrogen) atoms. The Morgan fingerprint density at radius 3 is 2.69 bits per heavy atom. The van der Waals surface area contributed by atoms with Crippen molar-refractivity contribution in [3.05, 3.63) is 17.0 Å². The van der Waals surface area contributed by atoms with E-state index in [9.17, 15) is 4.79 Å². The Kier molecular flexibility index (Phi) is 3.06. The second-order valence-electron chi connectivity index (χ2n) is 5.59. The van der Waals surface area contributed by atoms with Gasteiger partial charge in [-0.05, 0) is 29.9 Å². The quantitative estimate of drug-likeness (QED) is 0.734. The highest BCUT2D eigenvalue weighted by Crippen LogP contribution is 2.37. The minimum absolute atomic E-state index is 0.388. The average Bonchev–Trinajstić information content (AvgIpc) is 2.85. The molecule has 2 nitrogen and oxygen atoms in total. The van der Waals surface area contributed by atoms with E-state index in [0.717, 1.165) is 30.2 Å². The lowest BCUT2D eigenvalue weighted by Crippen LogP contribution is -2.25. The van der Waals surface area contributed by atoms with E-state index in [4.69, 9.17) is 0 Å². The van der Waals surface area contributed by atoms with Crippen LogP contribution in [-0.2, 0) is 0 Å². The van der Waals surface area contributed by atoms with E-state index in [1.54, 1.807) is 11.3 Å². The van der Waals surface area contributed by atoms with E-state index >= 15 is 0 Å². The molecule has 0 bridgehead atoms. The first-order chi connectivity index (χ1) is 7.50. The lowest BCUT2D eigenvalue weighted by atomic mass is 9.80. The molecule has 1 aromatic rings. The zero-order chi connectivity index (χ0) is 11.8. The van der Waals surface area contributed by atoms with Crippen molar-refractivity contribution in [3.8, 4) is 0 Å². The van der Waals surface area contributed by atoms with Gasteiger partial charge in [-0.1, -0.05) is 20.8 Å². The molecule has 0 radical (unpaired) electrons. The Morgan fingerprint density at radius 1 is 1.44 bits per heavy atom. The molecule has 1 saturated heterocycles. The van der Waals surface area contributed by atoms with Crippen molar-refractivity contribution in [2.45, 2.75) is 27.2 Å². The molecule has 0 spiro atoms.